The third-order valence-electron chi connectivity index (χ3n) is 3.20. The molecular weight excluding hydrogens is 276 g/mol. The Morgan fingerprint density at radius 3 is 2.68 bits per heavy atom. The minimum Gasteiger partial charge on any atom is -0.368 e. The molecule has 2 rings (SSSR count). The first-order valence-corrected chi connectivity index (χ1v) is 7.48. The lowest BCUT2D eigenvalue weighted by molar-refractivity contribution is 0.0983. The summed E-state index contributed by atoms with van der Waals surface area (Å²) < 4.78 is 0. The summed E-state index contributed by atoms with van der Waals surface area (Å²) in [5.41, 5.74) is 2.39. The van der Waals surface area contributed by atoms with E-state index in [1.165, 1.54) is 6.33 Å². The molecule has 1 heterocycles. The average molecular weight is 298 g/mol. The summed E-state index contributed by atoms with van der Waals surface area (Å²) in [6, 6.07) is 9.83. The van der Waals surface area contributed by atoms with Gasteiger partial charge in [0, 0.05) is 24.3 Å². The van der Waals surface area contributed by atoms with Gasteiger partial charge in [-0.3, -0.25) is 4.79 Å². The molecule has 116 valence electrons. The van der Waals surface area contributed by atoms with Crippen LogP contribution in [0.2, 0.25) is 0 Å². The maximum Gasteiger partial charge on any atom is 0.277 e. The van der Waals surface area contributed by atoms with Crippen molar-refractivity contribution in [2.75, 3.05) is 16.8 Å². The van der Waals surface area contributed by atoms with E-state index in [0.29, 0.717) is 18.1 Å². The van der Waals surface area contributed by atoms with Gasteiger partial charge in [0.2, 0.25) is 0 Å². The van der Waals surface area contributed by atoms with Gasteiger partial charge >= 0.3 is 0 Å². The van der Waals surface area contributed by atoms with Crippen molar-refractivity contribution >= 4 is 17.4 Å². The van der Waals surface area contributed by atoms with Crippen LogP contribution in [0.25, 0.3) is 0 Å². The Labute approximate surface area is 131 Å². The van der Waals surface area contributed by atoms with Crippen molar-refractivity contribution in [2.24, 2.45) is 0 Å². The van der Waals surface area contributed by atoms with Crippen LogP contribution in [0.1, 0.15) is 36.8 Å². The summed E-state index contributed by atoms with van der Waals surface area (Å²) in [6.07, 6.45) is 1.42. The molecule has 5 nitrogen and oxygen atoms in total. The summed E-state index contributed by atoms with van der Waals surface area (Å²) in [6.45, 7) is 8.59. The van der Waals surface area contributed by atoms with E-state index in [9.17, 15) is 4.79 Å². The SMILES string of the molecule is CCN(C(=O)c1cc(NC(C)C)ncn1)c1cccc(C)c1. The second-order valence-electron chi connectivity index (χ2n) is 5.48. The fourth-order valence-corrected chi connectivity index (χ4v) is 2.23. The second kappa shape index (κ2) is 7.02. The quantitative estimate of drug-likeness (QED) is 0.920. The maximum atomic E-state index is 12.7. The predicted molar refractivity (Wildman–Crippen MR) is 89.3 cm³/mol. The number of rotatable bonds is 5. The van der Waals surface area contributed by atoms with E-state index in [2.05, 4.69) is 15.3 Å². The first-order chi connectivity index (χ1) is 10.5. The van der Waals surface area contributed by atoms with Crippen LogP contribution in [0.15, 0.2) is 36.7 Å². The zero-order chi connectivity index (χ0) is 16.1. The Balaban J connectivity index is 2.29. The Kier molecular flexibility index (Phi) is 5.09. The highest BCUT2D eigenvalue weighted by Crippen LogP contribution is 2.18. The molecule has 22 heavy (non-hydrogen) atoms. The first kappa shape index (κ1) is 15.9. The number of hydrogen-bond acceptors (Lipinski definition) is 4. The number of amides is 1. The van der Waals surface area contributed by atoms with E-state index in [4.69, 9.17) is 0 Å². The molecular formula is C17H22N4O. The molecule has 0 unspecified atom stereocenters. The third kappa shape index (κ3) is 3.81. The Morgan fingerprint density at radius 2 is 2.05 bits per heavy atom. The summed E-state index contributed by atoms with van der Waals surface area (Å²) in [5, 5.41) is 3.18. The normalized spacial score (nSPS) is 10.6. The number of carbonyl (C=O) groups excluding carboxylic acids is 1. The minimum atomic E-state index is -0.123. The molecule has 0 aliphatic carbocycles. The molecule has 0 saturated heterocycles. The Bertz CT molecular complexity index is 655. The van der Waals surface area contributed by atoms with Crippen molar-refractivity contribution in [3.63, 3.8) is 0 Å². The van der Waals surface area contributed by atoms with Crippen molar-refractivity contribution < 1.29 is 4.79 Å². The van der Waals surface area contributed by atoms with E-state index in [-0.39, 0.29) is 11.9 Å². The zero-order valence-electron chi connectivity index (χ0n) is 13.5. The number of benzene rings is 1. The minimum absolute atomic E-state index is 0.123. The van der Waals surface area contributed by atoms with Crippen LogP contribution in [0.4, 0.5) is 11.5 Å². The number of hydrogen-bond donors (Lipinski definition) is 1. The van der Waals surface area contributed by atoms with Crippen molar-refractivity contribution in [1.82, 2.24) is 9.97 Å². The predicted octanol–water partition coefficient (Wildman–Crippen LogP) is 3.27. The van der Waals surface area contributed by atoms with Crippen molar-refractivity contribution in [1.29, 1.82) is 0 Å². The highest BCUT2D eigenvalue weighted by Gasteiger charge is 2.18. The summed E-state index contributed by atoms with van der Waals surface area (Å²) in [5.74, 6) is 0.538. The number of nitrogens with zero attached hydrogens (tertiary/aromatic N) is 3. The standard InChI is InChI=1S/C17H22N4O/c1-5-21(14-8-6-7-13(4)9-14)17(22)15-10-16(19-11-18-15)20-12(2)3/h6-12H,5H2,1-4H3,(H,18,19,20). The zero-order valence-corrected chi connectivity index (χ0v) is 13.5. The average Bonchev–Trinajstić information content (AvgIpc) is 2.47. The lowest BCUT2D eigenvalue weighted by Crippen LogP contribution is -2.31. The number of nitrogens with one attached hydrogen (secondary N) is 1. The van der Waals surface area contributed by atoms with Gasteiger partial charge < -0.3 is 10.2 Å². The molecule has 0 aliphatic rings. The van der Waals surface area contributed by atoms with Crippen LogP contribution in [0.3, 0.4) is 0 Å². The Morgan fingerprint density at radius 1 is 1.27 bits per heavy atom. The van der Waals surface area contributed by atoms with E-state index < -0.39 is 0 Å². The first-order valence-electron chi connectivity index (χ1n) is 7.48. The molecule has 5 heteroatoms. The van der Waals surface area contributed by atoms with Gasteiger partial charge in [-0.15, -0.1) is 0 Å². The summed E-state index contributed by atoms with van der Waals surface area (Å²) >= 11 is 0. The molecule has 1 aromatic carbocycles. The summed E-state index contributed by atoms with van der Waals surface area (Å²) in [7, 11) is 0. The van der Waals surface area contributed by atoms with Gasteiger partial charge in [-0.25, -0.2) is 9.97 Å². The van der Waals surface area contributed by atoms with E-state index >= 15 is 0 Å². The monoisotopic (exact) mass is 298 g/mol. The molecule has 1 amide bonds. The van der Waals surface area contributed by atoms with Gasteiger partial charge in [0.05, 0.1) is 0 Å². The van der Waals surface area contributed by atoms with Crippen LogP contribution in [0.5, 0.6) is 0 Å². The highest BCUT2D eigenvalue weighted by atomic mass is 16.2. The van der Waals surface area contributed by atoms with E-state index in [0.717, 1.165) is 11.3 Å². The molecule has 0 bridgehead atoms. The molecule has 2 aromatic rings. The number of aryl methyl sites for hydroxylation is 1. The molecule has 0 radical (unpaired) electrons. The van der Waals surface area contributed by atoms with Crippen LogP contribution >= 0.6 is 0 Å². The largest absolute Gasteiger partial charge is 0.368 e. The van der Waals surface area contributed by atoms with E-state index in [1.807, 2.05) is 52.0 Å². The lowest BCUT2D eigenvalue weighted by atomic mass is 10.2. The molecule has 0 saturated carbocycles. The van der Waals surface area contributed by atoms with Crippen LogP contribution < -0.4 is 10.2 Å². The van der Waals surface area contributed by atoms with Crippen LogP contribution in [0, 0.1) is 6.92 Å². The van der Waals surface area contributed by atoms with Crippen molar-refractivity contribution in [3.8, 4) is 0 Å². The molecule has 1 N–H and O–H groups in total. The number of carbonyl (C=O) groups is 1. The van der Waals surface area contributed by atoms with Crippen LogP contribution in [-0.2, 0) is 0 Å². The number of aromatic nitrogens is 2. The fraction of sp³-hybridized carbons (Fsp3) is 0.353. The van der Waals surface area contributed by atoms with Gasteiger partial charge in [0.15, 0.2) is 0 Å². The van der Waals surface area contributed by atoms with Gasteiger partial charge in [0.1, 0.15) is 17.8 Å². The molecule has 0 fully saturated rings. The topological polar surface area (TPSA) is 58.1 Å². The van der Waals surface area contributed by atoms with Crippen molar-refractivity contribution in [2.45, 2.75) is 33.7 Å². The highest BCUT2D eigenvalue weighted by molar-refractivity contribution is 6.05. The van der Waals surface area contributed by atoms with Gasteiger partial charge in [-0.1, -0.05) is 12.1 Å². The van der Waals surface area contributed by atoms with Crippen molar-refractivity contribution in [3.05, 3.63) is 47.9 Å². The Hall–Kier alpha value is -2.43. The maximum absolute atomic E-state index is 12.7. The van der Waals surface area contributed by atoms with Crippen LogP contribution in [-0.4, -0.2) is 28.5 Å². The van der Waals surface area contributed by atoms with Gasteiger partial charge in [-0.2, -0.15) is 0 Å². The van der Waals surface area contributed by atoms with Gasteiger partial charge in [0.25, 0.3) is 5.91 Å². The summed E-state index contributed by atoms with van der Waals surface area (Å²) in [4.78, 5) is 22.7. The molecule has 0 atom stereocenters. The van der Waals surface area contributed by atoms with Gasteiger partial charge in [-0.05, 0) is 45.4 Å². The second-order valence-corrected chi connectivity index (χ2v) is 5.48. The molecule has 0 spiro atoms. The fourth-order valence-electron chi connectivity index (χ4n) is 2.23. The number of anilines is 2. The third-order valence-corrected chi connectivity index (χ3v) is 3.20. The smallest absolute Gasteiger partial charge is 0.277 e. The molecule has 1 aromatic heterocycles. The molecule has 0 aliphatic heterocycles. The van der Waals surface area contributed by atoms with E-state index in [1.54, 1.807) is 11.0 Å². The lowest BCUT2D eigenvalue weighted by Gasteiger charge is -2.21.